The van der Waals surface area contributed by atoms with E-state index >= 15 is 0 Å². The Hall–Kier alpha value is -2.07. The van der Waals surface area contributed by atoms with Crippen LogP contribution in [0.4, 0.5) is 0 Å². The number of fused-ring (bicyclic) bond motifs is 1. The third kappa shape index (κ3) is 4.02. The topological polar surface area (TPSA) is 58.6 Å². The minimum Gasteiger partial charge on any atom is -0.497 e. The molecule has 0 aliphatic carbocycles. The zero-order valence-corrected chi connectivity index (χ0v) is 14.2. The number of rotatable bonds is 6. The first-order valence-electron chi connectivity index (χ1n) is 7.95. The van der Waals surface area contributed by atoms with Gasteiger partial charge in [-0.15, -0.1) is 0 Å². The van der Waals surface area contributed by atoms with Crippen molar-refractivity contribution in [2.75, 3.05) is 13.7 Å². The lowest BCUT2D eigenvalue weighted by atomic mass is 9.96. The molecule has 2 rings (SSSR count). The minimum absolute atomic E-state index is 0.0225. The highest BCUT2D eigenvalue weighted by Gasteiger charge is 2.20. The molecule has 2 N–H and O–H groups in total. The Balaban J connectivity index is 2.17. The molecule has 2 aromatic rings. The summed E-state index contributed by atoms with van der Waals surface area (Å²) in [5.74, 6) is 0.596. The van der Waals surface area contributed by atoms with Crippen LogP contribution in [0.2, 0.25) is 0 Å². The van der Waals surface area contributed by atoms with Crippen LogP contribution in [0.3, 0.4) is 0 Å². The fourth-order valence-corrected chi connectivity index (χ4v) is 2.44. The maximum absolute atomic E-state index is 12.4. The SMILES string of the molecule is COc1ccc2cc([C@H](C)C(=O)NC(C)C(C)CO)ccc2c1. The summed E-state index contributed by atoms with van der Waals surface area (Å²) >= 11 is 0. The van der Waals surface area contributed by atoms with Gasteiger partial charge < -0.3 is 15.2 Å². The Morgan fingerprint density at radius 3 is 2.43 bits per heavy atom. The lowest BCUT2D eigenvalue weighted by Crippen LogP contribution is -2.40. The standard InChI is InChI=1S/C19H25NO3/c1-12(11-21)14(3)20-19(22)13(2)15-5-6-17-10-18(23-4)8-7-16(17)9-15/h5-10,12-14,21H,11H2,1-4H3,(H,20,22)/t12?,13-,14?/m0/s1. The highest BCUT2D eigenvalue weighted by molar-refractivity contribution is 5.88. The zero-order valence-electron chi connectivity index (χ0n) is 14.2. The number of methoxy groups -OCH3 is 1. The third-order valence-corrected chi connectivity index (χ3v) is 4.48. The van der Waals surface area contributed by atoms with E-state index in [1.54, 1.807) is 7.11 Å². The van der Waals surface area contributed by atoms with Gasteiger partial charge in [0, 0.05) is 12.6 Å². The maximum atomic E-state index is 12.4. The second-order valence-corrected chi connectivity index (χ2v) is 6.15. The number of benzene rings is 2. The molecular weight excluding hydrogens is 290 g/mol. The Kier molecular flexibility index (Phi) is 5.61. The molecule has 0 spiro atoms. The van der Waals surface area contributed by atoms with Gasteiger partial charge in [0.2, 0.25) is 5.91 Å². The molecule has 0 heterocycles. The number of amides is 1. The Bertz CT molecular complexity index is 683. The largest absolute Gasteiger partial charge is 0.497 e. The summed E-state index contributed by atoms with van der Waals surface area (Å²) in [4.78, 5) is 12.4. The molecule has 124 valence electrons. The summed E-state index contributed by atoms with van der Waals surface area (Å²) in [6.45, 7) is 5.79. The molecule has 0 radical (unpaired) electrons. The van der Waals surface area contributed by atoms with Gasteiger partial charge in [-0.3, -0.25) is 4.79 Å². The van der Waals surface area contributed by atoms with E-state index in [0.717, 1.165) is 22.1 Å². The molecule has 0 saturated heterocycles. The summed E-state index contributed by atoms with van der Waals surface area (Å²) in [7, 11) is 1.65. The van der Waals surface area contributed by atoms with E-state index in [0.29, 0.717) is 0 Å². The number of ether oxygens (including phenoxy) is 1. The number of aliphatic hydroxyl groups is 1. The van der Waals surface area contributed by atoms with Crippen molar-refractivity contribution in [2.24, 2.45) is 5.92 Å². The van der Waals surface area contributed by atoms with Gasteiger partial charge in [0.05, 0.1) is 13.0 Å². The average molecular weight is 315 g/mol. The van der Waals surface area contributed by atoms with Crippen molar-refractivity contribution in [3.63, 3.8) is 0 Å². The van der Waals surface area contributed by atoms with Crippen LogP contribution in [-0.4, -0.2) is 30.8 Å². The average Bonchev–Trinajstić information content (AvgIpc) is 2.59. The highest BCUT2D eigenvalue weighted by atomic mass is 16.5. The van der Waals surface area contributed by atoms with Crippen molar-refractivity contribution < 1.29 is 14.6 Å². The van der Waals surface area contributed by atoms with E-state index in [2.05, 4.69) is 5.32 Å². The lowest BCUT2D eigenvalue weighted by molar-refractivity contribution is -0.123. The van der Waals surface area contributed by atoms with Crippen molar-refractivity contribution in [1.29, 1.82) is 0 Å². The van der Waals surface area contributed by atoms with Crippen LogP contribution in [0, 0.1) is 5.92 Å². The Morgan fingerprint density at radius 1 is 1.13 bits per heavy atom. The Morgan fingerprint density at radius 2 is 1.78 bits per heavy atom. The molecule has 23 heavy (non-hydrogen) atoms. The van der Waals surface area contributed by atoms with Gasteiger partial charge in [-0.05, 0) is 48.2 Å². The van der Waals surface area contributed by atoms with E-state index in [1.165, 1.54) is 0 Å². The number of carbonyl (C=O) groups excluding carboxylic acids is 1. The second kappa shape index (κ2) is 7.47. The zero-order chi connectivity index (χ0) is 17.0. The smallest absolute Gasteiger partial charge is 0.227 e. The first kappa shape index (κ1) is 17.3. The molecule has 2 unspecified atom stereocenters. The quantitative estimate of drug-likeness (QED) is 0.861. The van der Waals surface area contributed by atoms with Crippen LogP contribution in [0.5, 0.6) is 5.75 Å². The van der Waals surface area contributed by atoms with Crippen LogP contribution < -0.4 is 10.1 Å². The molecule has 4 nitrogen and oxygen atoms in total. The monoisotopic (exact) mass is 315 g/mol. The van der Waals surface area contributed by atoms with Gasteiger partial charge in [0.15, 0.2) is 0 Å². The van der Waals surface area contributed by atoms with Gasteiger partial charge in [0.1, 0.15) is 5.75 Å². The summed E-state index contributed by atoms with van der Waals surface area (Å²) in [6, 6.07) is 11.9. The number of hydrogen-bond acceptors (Lipinski definition) is 3. The molecule has 0 aliphatic heterocycles. The Labute approximate surface area is 137 Å². The molecular formula is C19H25NO3. The summed E-state index contributed by atoms with van der Waals surface area (Å²) in [5, 5.41) is 14.3. The molecule has 3 atom stereocenters. The molecule has 2 aromatic carbocycles. The summed E-state index contributed by atoms with van der Waals surface area (Å²) < 4.78 is 5.23. The van der Waals surface area contributed by atoms with Crippen LogP contribution in [0.15, 0.2) is 36.4 Å². The van der Waals surface area contributed by atoms with Crippen LogP contribution in [0.25, 0.3) is 10.8 Å². The van der Waals surface area contributed by atoms with Crippen LogP contribution >= 0.6 is 0 Å². The van der Waals surface area contributed by atoms with Crippen molar-refractivity contribution in [3.8, 4) is 5.75 Å². The normalized spacial score (nSPS) is 15.0. The second-order valence-electron chi connectivity index (χ2n) is 6.15. The van der Waals surface area contributed by atoms with Crippen molar-refractivity contribution >= 4 is 16.7 Å². The van der Waals surface area contributed by atoms with Gasteiger partial charge in [0.25, 0.3) is 0 Å². The number of carbonyl (C=O) groups is 1. The molecule has 0 fully saturated rings. The van der Waals surface area contributed by atoms with E-state index in [9.17, 15) is 9.90 Å². The van der Waals surface area contributed by atoms with Gasteiger partial charge in [-0.1, -0.05) is 31.2 Å². The molecule has 0 aromatic heterocycles. The molecule has 0 aliphatic rings. The first-order valence-corrected chi connectivity index (χ1v) is 7.95. The lowest BCUT2D eigenvalue weighted by Gasteiger charge is -2.22. The fourth-order valence-electron chi connectivity index (χ4n) is 2.44. The van der Waals surface area contributed by atoms with E-state index < -0.39 is 0 Å². The van der Waals surface area contributed by atoms with Gasteiger partial charge in [-0.2, -0.15) is 0 Å². The van der Waals surface area contributed by atoms with Crippen molar-refractivity contribution in [1.82, 2.24) is 5.32 Å². The fraction of sp³-hybridized carbons (Fsp3) is 0.421. The minimum atomic E-state index is -0.241. The van der Waals surface area contributed by atoms with Crippen molar-refractivity contribution in [2.45, 2.75) is 32.7 Å². The number of aliphatic hydroxyl groups excluding tert-OH is 1. The van der Waals surface area contributed by atoms with Crippen molar-refractivity contribution in [3.05, 3.63) is 42.0 Å². The van der Waals surface area contributed by atoms with Gasteiger partial charge >= 0.3 is 0 Å². The molecule has 0 saturated carbocycles. The third-order valence-electron chi connectivity index (χ3n) is 4.48. The number of hydrogen-bond donors (Lipinski definition) is 2. The predicted molar refractivity (Wildman–Crippen MR) is 92.8 cm³/mol. The number of nitrogens with one attached hydrogen (secondary N) is 1. The molecule has 0 bridgehead atoms. The summed E-state index contributed by atoms with van der Waals surface area (Å²) in [5.41, 5.74) is 0.976. The molecule has 1 amide bonds. The summed E-state index contributed by atoms with van der Waals surface area (Å²) in [6.07, 6.45) is 0. The van der Waals surface area contributed by atoms with Crippen LogP contribution in [0.1, 0.15) is 32.3 Å². The maximum Gasteiger partial charge on any atom is 0.227 e. The van der Waals surface area contributed by atoms with E-state index in [1.807, 2.05) is 57.2 Å². The first-order chi connectivity index (χ1) is 11.0. The van der Waals surface area contributed by atoms with E-state index in [-0.39, 0.29) is 30.4 Å². The van der Waals surface area contributed by atoms with Gasteiger partial charge in [-0.25, -0.2) is 0 Å². The predicted octanol–water partition coefficient (Wildman–Crippen LogP) is 3.09. The van der Waals surface area contributed by atoms with E-state index in [4.69, 9.17) is 4.74 Å². The molecule has 4 heteroatoms. The highest BCUT2D eigenvalue weighted by Crippen LogP contribution is 2.25. The van der Waals surface area contributed by atoms with Crippen LogP contribution in [-0.2, 0) is 4.79 Å².